The van der Waals surface area contributed by atoms with Crippen molar-refractivity contribution < 1.29 is 9.90 Å². The maximum absolute atomic E-state index is 10.1. The van der Waals surface area contributed by atoms with Gasteiger partial charge in [-0.3, -0.25) is 4.79 Å². The van der Waals surface area contributed by atoms with Crippen LogP contribution in [0.5, 0.6) is 0 Å². The summed E-state index contributed by atoms with van der Waals surface area (Å²) in [6.07, 6.45) is 5.69. The molecule has 0 amide bonds. The van der Waals surface area contributed by atoms with E-state index in [0.29, 0.717) is 6.42 Å². The highest BCUT2D eigenvalue weighted by molar-refractivity contribution is 5.66. The van der Waals surface area contributed by atoms with Gasteiger partial charge in [0.05, 0.1) is 6.17 Å². The first-order valence-electron chi connectivity index (χ1n) is 3.68. The van der Waals surface area contributed by atoms with E-state index in [1.54, 1.807) is 0 Å². The highest BCUT2D eigenvalue weighted by atomic mass is 16.4. The van der Waals surface area contributed by atoms with E-state index in [9.17, 15) is 4.79 Å². The molecule has 1 aliphatic rings. The Morgan fingerprint density at radius 1 is 1.45 bits per heavy atom. The van der Waals surface area contributed by atoms with Crippen LogP contribution in [0.4, 0.5) is 0 Å². The predicted molar refractivity (Wildman–Crippen MR) is 40.7 cm³/mol. The molecule has 0 saturated carbocycles. The van der Waals surface area contributed by atoms with Gasteiger partial charge in [-0.2, -0.15) is 0 Å². The summed E-state index contributed by atoms with van der Waals surface area (Å²) in [4.78, 5) is 10.1. The molecule has 3 N–H and O–H groups in total. The molecular weight excluding hydrogens is 144 g/mol. The van der Waals surface area contributed by atoms with E-state index >= 15 is 0 Å². The Morgan fingerprint density at radius 3 is 2.64 bits per heavy atom. The lowest BCUT2D eigenvalue weighted by atomic mass is 10.2. The van der Waals surface area contributed by atoms with Gasteiger partial charge in [0.2, 0.25) is 0 Å². The lowest BCUT2D eigenvalue weighted by molar-refractivity contribution is -0.137. The van der Waals surface area contributed by atoms with Crippen molar-refractivity contribution >= 4 is 5.97 Å². The summed E-state index contributed by atoms with van der Waals surface area (Å²) in [5.74, 6) is -0.726. The van der Waals surface area contributed by atoms with Crippen molar-refractivity contribution in [1.29, 1.82) is 0 Å². The van der Waals surface area contributed by atoms with Gasteiger partial charge in [0.15, 0.2) is 0 Å². The molecule has 0 atom stereocenters. The summed E-state index contributed by atoms with van der Waals surface area (Å²) in [6.45, 7) is 0. The third-order valence-corrected chi connectivity index (χ3v) is 1.56. The van der Waals surface area contributed by atoms with Gasteiger partial charge in [-0.05, 0) is 12.8 Å². The summed E-state index contributed by atoms with van der Waals surface area (Å²) >= 11 is 0. The number of rotatable bonds is 4. The van der Waals surface area contributed by atoms with Crippen LogP contribution in [0.1, 0.15) is 19.3 Å². The number of carboxylic acid groups (broad SMARTS) is 1. The molecule has 0 spiro atoms. The molecule has 62 valence electrons. The second-order valence-corrected chi connectivity index (χ2v) is 2.51. The van der Waals surface area contributed by atoms with Crippen LogP contribution in [-0.2, 0) is 4.79 Å². The van der Waals surface area contributed by atoms with E-state index < -0.39 is 5.97 Å². The highest BCUT2D eigenvalue weighted by Gasteiger charge is 2.07. The predicted octanol–water partition coefficient (Wildman–Crippen LogP) is 0.231. The Bertz CT molecular complexity index is 160. The summed E-state index contributed by atoms with van der Waals surface area (Å²) < 4.78 is 0. The molecule has 4 nitrogen and oxygen atoms in total. The van der Waals surface area contributed by atoms with Crippen LogP contribution < -0.4 is 10.6 Å². The number of nitrogens with one attached hydrogen (secondary N) is 2. The van der Waals surface area contributed by atoms with Crippen LogP contribution >= 0.6 is 0 Å². The zero-order valence-corrected chi connectivity index (χ0v) is 6.21. The number of hydrogen-bond donors (Lipinski definition) is 3. The van der Waals surface area contributed by atoms with E-state index in [-0.39, 0.29) is 12.6 Å². The Kier molecular flexibility index (Phi) is 2.77. The molecule has 0 unspecified atom stereocenters. The van der Waals surface area contributed by atoms with Gasteiger partial charge >= 0.3 is 5.97 Å². The zero-order valence-electron chi connectivity index (χ0n) is 6.21. The second-order valence-electron chi connectivity index (χ2n) is 2.51. The van der Waals surface area contributed by atoms with Crippen LogP contribution in [-0.4, -0.2) is 17.2 Å². The molecule has 0 saturated heterocycles. The van der Waals surface area contributed by atoms with Crippen molar-refractivity contribution in [3.05, 3.63) is 12.4 Å². The van der Waals surface area contributed by atoms with Gasteiger partial charge in [-0.1, -0.05) is 0 Å². The van der Waals surface area contributed by atoms with Crippen LogP contribution in [0.25, 0.3) is 0 Å². The minimum absolute atomic E-state index is 0.231. The molecule has 0 fully saturated rings. The Hall–Kier alpha value is -1.19. The van der Waals surface area contributed by atoms with Gasteiger partial charge in [0.1, 0.15) is 0 Å². The maximum Gasteiger partial charge on any atom is 0.303 e. The molecule has 11 heavy (non-hydrogen) atoms. The van der Waals surface area contributed by atoms with Crippen molar-refractivity contribution in [2.75, 3.05) is 0 Å². The van der Waals surface area contributed by atoms with Crippen molar-refractivity contribution in [3.63, 3.8) is 0 Å². The molecular formula is C7H12N2O2. The van der Waals surface area contributed by atoms with Crippen molar-refractivity contribution in [3.8, 4) is 0 Å². The fraction of sp³-hybridized carbons (Fsp3) is 0.571. The summed E-state index contributed by atoms with van der Waals surface area (Å²) in [6, 6.07) is 0. The van der Waals surface area contributed by atoms with Crippen molar-refractivity contribution in [2.24, 2.45) is 0 Å². The smallest absolute Gasteiger partial charge is 0.303 e. The molecule has 0 aromatic heterocycles. The maximum atomic E-state index is 10.1. The van der Waals surface area contributed by atoms with E-state index in [0.717, 1.165) is 6.42 Å². The van der Waals surface area contributed by atoms with Crippen molar-refractivity contribution in [2.45, 2.75) is 25.4 Å². The van der Waals surface area contributed by atoms with Crippen LogP contribution in [0, 0.1) is 0 Å². The standard InChI is InChI=1S/C7H12N2O2/c10-7(11)3-1-2-6-8-4-5-9-6/h4-6,8-9H,1-3H2,(H,10,11). The number of aliphatic carboxylic acids is 1. The van der Waals surface area contributed by atoms with E-state index in [1.807, 2.05) is 12.4 Å². The average molecular weight is 156 g/mol. The molecule has 0 aliphatic carbocycles. The first-order chi connectivity index (χ1) is 5.29. The van der Waals surface area contributed by atoms with Crippen molar-refractivity contribution in [1.82, 2.24) is 10.6 Å². The fourth-order valence-corrected chi connectivity index (χ4v) is 1.00. The minimum Gasteiger partial charge on any atom is -0.481 e. The molecule has 1 aliphatic heterocycles. The highest BCUT2D eigenvalue weighted by Crippen LogP contribution is 2.01. The summed E-state index contributed by atoms with van der Waals surface area (Å²) in [5.41, 5.74) is 0. The Balaban J connectivity index is 1.99. The lowest BCUT2D eigenvalue weighted by Gasteiger charge is -2.10. The van der Waals surface area contributed by atoms with E-state index in [1.165, 1.54) is 0 Å². The average Bonchev–Trinajstić information content (AvgIpc) is 2.39. The number of carboxylic acids is 1. The SMILES string of the molecule is O=C(O)CCCC1NC=CN1. The van der Waals surface area contributed by atoms with Gasteiger partial charge in [0.25, 0.3) is 0 Å². The first-order valence-corrected chi connectivity index (χ1v) is 3.68. The Labute approximate surface area is 65.3 Å². The lowest BCUT2D eigenvalue weighted by Crippen LogP contribution is -2.30. The quantitative estimate of drug-likeness (QED) is 0.545. The summed E-state index contributed by atoms with van der Waals surface area (Å²) in [5, 5.41) is 14.4. The minimum atomic E-state index is -0.726. The molecule has 0 aromatic carbocycles. The van der Waals surface area contributed by atoms with Crippen LogP contribution in [0.2, 0.25) is 0 Å². The molecule has 0 radical (unpaired) electrons. The molecule has 1 heterocycles. The second kappa shape index (κ2) is 3.85. The summed E-state index contributed by atoms with van der Waals surface area (Å²) in [7, 11) is 0. The van der Waals surface area contributed by atoms with Crippen LogP contribution in [0.3, 0.4) is 0 Å². The molecule has 0 bridgehead atoms. The number of hydrogen-bond acceptors (Lipinski definition) is 3. The van der Waals surface area contributed by atoms with Gasteiger partial charge < -0.3 is 15.7 Å². The molecule has 0 aromatic rings. The fourth-order valence-electron chi connectivity index (χ4n) is 1.00. The third kappa shape index (κ3) is 2.93. The normalized spacial score (nSPS) is 16.0. The van der Waals surface area contributed by atoms with Gasteiger partial charge in [0, 0.05) is 18.8 Å². The van der Waals surface area contributed by atoms with Crippen LogP contribution in [0.15, 0.2) is 12.4 Å². The zero-order chi connectivity index (χ0) is 8.10. The Morgan fingerprint density at radius 2 is 2.09 bits per heavy atom. The topological polar surface area (TPSA) is 61.4 Å². The molecule has 4 heteroatoms. The monoisotopic (exact) mass is 156 g/mol. The molecule has 1 rings (SSSR count). The van der Waals surface area contributed by atoms with E-state index in [2.05, 4.69) is 10.6 Å². The largest absolute Gasteiger partial charge is 0.481 e. The van der Waals surface area contributed by atoms with Gasteiger partial charge in [-0.15, -0.1) is 0 Å². The number of carbonyl (C=O) groups is 1. The van der Waals surface area contributed by atoms with E-state index in [4.69, 9.17) is 5.11 Å². The van der Waals surface area contributed by atoms with Gasteiger partial charge in [-0.25, -0.2) is 0 Å². The third-order valence-electron chi connectivity index (χ3n) is 1.56. The first kappa shape index (κ1) is 7.91.